The van der Waals surface area contributed by atoms with E-state index in [9.17, 15) is 19.5 Å². The van der Waals surface area contributed by atoms with Gasteiger partial charge in [-0.05, 0) is 29.8 Å². The molecule has 0 fully saturated rings. The number of aromatic hydroxyl groups is 1. The molecule has 6 heteroatoms. The Morgan fingerprint density at radius 2 is 1.53 bits per heavy atom. The molecule has 0 atom stereocenters. The first-order chi connectivity index (χ1) is 14.5. The van der Waals surface area contributed by atoms with Crippen LogP contribution in [0.2, 0.25) is 0 Å². The number of hydrogen-bond donors (Lipinski definition) is 2. The second kappa shape index (κ2) is 7.83. The first-order valence-corrected chi connectivity index (χ1v) is 9.49. The topological polar surface area (TPSA) is 92.7 Å². The van der Waals surface area contributed by atoms with Gasteiger partial charge in [0.05, 0.1) is 23.4 Å². The Hall–Kier alpha value is -3.93. The van der Waals surface area contributed by atoms with Crippen molar-refractivity contribution in [3.63, 3.8) is 0 Å². The Morgan fingerprint density at radius 3 is 2.17 bits per heavy atom. The Labute approximate surface area is 173 Å². The van der Waals surface area contributed by atoms with Crippen molar-refractivity contribution in [3.8, 4) is 5.75 Å². The van der Waals surface area contributed by atoms with Gasteiger partial charge in [-0.15, -0.1) is 0 Å². The van der Waals surface area contributed by atoms with E-state index in [0.717, 1.165) is 11.3 Å². The highest BCUT2D eigenvalue weighted by Gasteiger charge is 2.33. The van der Waals surface area contributed by atoms with Crippen molar-refractivity contribution in [2.75, 3.05) is 11.9 Å². The summed E-state index contributed by atoms with van der Waals surface area (Å²) in [6, 6.07) is 17.1. The van der Waals surface area contributed by atoms with Crippen molar-refractivity contribution in [1.29, 1.82) is 0 Å². The number of rotatable bonds is 5. The maximum absolute atomic E-state index is 13.1. The summed E-state index contributed by atoms with van der Waals surface area (Å²) in [4.78, 5) is 36.9. The Balaban J connectivity index is 1.63. The van der Waals surface area contributed by atoms with E-state index in [1.165, 1.54) is 13.0 Å². The van der Waals surface area contributed by atoms with Crippen LogP contribution in [0.5, 0.6) is 5.75 Å². The lowest BCUT2D eigenvalue weighted by molar-refractivity contribution is -0.140. The molecule has 4 rings (SSSR count). The largest absolute Gasteiger partial charge is 0.507 e. The average molecular weight is 401 g/mol. The fraction of sp³-hybridized carbons (Fsp3) is 0.125. The van der Waals surface area contributed by atoms with Crippen molar-refractivity contribution in [2.45, 2.75) is 13.3 Å². The molecule has 0 amide bonds. The molecule has 0 saturated heterocycles. The molecular formula is C24H19NO5. The molecule has 0 saturated carbocycles. The highest BCUT2D eigenvalue weighted by atomic mass is 16.5. The molecule has 0 unspecified atom stereocenters. The molecule has 0 aliphatic heterocycles. The molecule has 0 spiro atoms. The van der Waals surface area contributed by atoms with Crippen molar-refractivity contribution < 1.29 is 24.2 Å². The standard InChI is InChI=1S/C24H19NO5/c1-14(26)30-13-12-15-6-8-16(9-7-15)25-19-10-11-20(27)22-21(19)23(28)17-4-2-3-5-18(17)24(22)29/h2-11,25,27H,12-13H2,1H3. The molecular weight excluding hydrogens is 382 g/mol. The van der Waals surface area contributed by atoms with Crippen molar-refractivity contribution in [3.05, 3.63) is 88.5 Å². The van der Waals surface area contributed by atoms with Gasteiger partial charge < -0.3 is 15.2 Å². The molecule has 0 radical (unpaired) electrons. The summed E-state index contributed by atoms with van der Waals surface area (Å²) >= 11 is 0. The minimum atomic E-state index is -0.373. The number of benzene rings is 3. The highest BCUT2D eigenvalue weighted by Crippen LogP contribution is 2.37. The number of esters is 1. The van der Waals surface area contributed by atoms with Crippen molar-refractivity contribution in [2.24, 2.45) is 0 Å². The van der Waals surface area contributed by atoms with Gasteiger partial charge in [0.25, 0.3) is 0 Å². The zero-order valence-electron chi connectivity index (χ0n) is 16.3. The maximum Gasteiger partial charge on any atom is 0.302 e. The summed E-state index contributed by atoms with van der Waals surface area (Å²) in [7, 11) is 0. The molecule has 2 N–H and O–H groups in total. The molecule has 1 aliphatic rings. The number of fused-ring (bicyclic) bond motifs is 2. The Kier molecular flexibility index (Phi) is 5.06. The number of nitrogens with one attached hydrogen (secondary N) is 1. The quantitative estimate of drug-likeness (QED) is 0.388. The van der Waals surface area contributed by atoms with E-state index in [-0.39, 0.29) is 34.4 Å². The number of carbonyl (C=O) groups is 3. The molecule has 0 aromatic heterocycles. The Morgan fingerprint density at radius 1 is 0.900 bits per heavy atom. The molecule has 6 nitrogen and oxygen atoms in total. The van der Waals surface area contributed by atoms with Crippen LogP contribution in [0.15, 0.2) is 60.7 Å². The van der Waals surface area contributed by atoms with E-state index in [4.69, 9.17) is 4.74 Å². The fourth-order valence-corrected chi connectivity index (χ4v) is 3.53. The van der Waals surface area contributed by atoms with E-state index < -0.39 is 0 Å². The van der Waals surface area contributed by atoms with Crippen LogP contribution in [0, 0.1) is 0 Å². The number of phenols is 1. The summed E-state index contributed by atoms with van der Waals surface area (Å²) in [5.74, 6) is -1.21. The molecule has 150 valence electrons. The van der Waals surface area contributed by atoms with Crippen LogP contribution in [-0.2, 0) is 16.0 Å². The monoisotopic (exact) mass is 401 g/mol. The van der Waals surface area contributed by atoms with Gasteiger partial charge in [-0.2, -0.15) is 0 Å². The van der Waals surface area contributed by atoms with E-state index >= 15 is 0 Å². The van der Waals surface area contributed by atoms with Gasteiger partial charge in [0.1, 0.15) is 5.75 Å². The third-order valence-corrected chi connectivity index (χ3v) is 4.98. The van der Waals surface area contributed by atoms with E-state index in [2.05, 4.69) is 5.32 Å². The molecule has 3 aromatic rings. The van der Waals surface area contributed by atoms with Gasteiger partial charge in [-0.1, -0.05) is 36.4 Å². The molecule has 0 heterocycles. The summed E-state index contributed by atoms with van der Waals surface area (Å²) in [5.41, 5.74) is 2.96. The molecule has 30 heavy (non-hydrogen) atoms. The van der Waals surface area contributed by atoms with E-state index in [0.29, 0.717) is 29.8 Å². The predicted octanol–water partition coefficient (Wildman–Crippen LogP) is 4.02. The van der Waals surface area contributed by atoms with E-state index in [1.807, 2.05) is 24.3 Å². The van der Waals surface area contributed by atoms with Gasteiger partial charge in [0.15, 0.2) is 11.6 Å². The van der Waals surface area contributed by atoms with Crippen molar-refractivity contribution >= 4 is 28.9 Å². The van der Waals surface area contributed by atoms with Gasteiger partial charge in [-0.3, -0.25) is 14.4 Å². The van der Waals surface area contributed by atoms with Gasteiger partial charge in [0.2, 0.25) is 0 Å². The fourth-order valence-electron chi connectivity index (χ4n) is 3.53. The number of phenolic OH excluding ortho intramolecular Hbond substituents is 1. The molecule has 0 bridgehead atoms. The summed E-state index contributed by atoms with van der Waals surface area (Å²) in [6.45, 7) is 1.68. The molecule has 3 aromatic carbocycles. The number of hydrogen-bond acceptors (Lipinski definition) is 6. The maximum atomic E-state index is 13.1. The van der Waals surface area contributed by atoms with Gasteiger partial charge >= 0.3 is 5.97 Å². The van der Waals surface area contributed by atoms with Crippen LogP contribution in [0.1, 0.15) is 44.3 Å². The first-order valence-electron chi connectivity index (χ1n) is 9.49. The summed E-state index contributed by atoms with van der Waals surface area (Å²) < 4.78 is 4.95. The number of carbonyl (C=O) groups excluding carboxylic acids is 3. The third kappa shape index (κ3) is 3.55. The zero-order valence-corrected chi connectivity index (χ0v) is 16.3. The average Bonchev–Trinajstić information content (AvgIpc) is 2.74. The summed E-state index contributed by atoms with van der Waals surface area (Å²) in [5, 5.41) is 13.5. The molecule has 1 aliphatic carbocycles. The van der Waals surface area contributed by atoms with Crippen LogP contribution in [0.3, 0.4) is 0 Å². The summed E-state index contributed by atoms with van der Waals surface area (Å²) in [6.07, 6.45) is 0.595. The van der Waals surface area contributed by atoms with Crippen LogP contribution in [0.4, 0.5) is 11.4 Å². The van der Waals surface area contributed by atoms with Crippen molar-refractivity contribution in [1.82, 2.24) is 0 Å². The number of ketones is 2. The normalized spacial score (nSPS) is 12.2. The second-order valence-corrected chi connectivity index (χ2v) is 7.00. The minimum Gasteiger partial charge on any atom is -0.507 e. The van der Waals surface area contributed by atoms with Crippen LogP contribution in [-0.4, -0.2) is 29.2 Å². The number of anilines is 2. The number of ether oxygens (including phenoxy) is 1. The predicted molar refractivity (Wildman–Crippen MR) is 111 cm³/mol. The zero-order chi connectivity index (χ0) is 21.3. The lowest BCUT2D eigenvalue weighted by atomic mass is 9.82. The van der Waals surface area contributed by atoms with Gasteiger partial charge in [-0.25, -0.2) is 0 Å². The van der Waals surface area contributed by atoms with Crippen LogP contribution < -0.4 is 5.32 Å². The first kappa shape index (κ1) is 19.4. The van der Waals surface area contributed by atoms with Crippen LogP contribution in [0.25, 0.3) is 0 Å². The van der Waals surface area contributed by atoms with Gasteiger partial charge in [0, 0.05) is 30.2 Å². The van der Waals surface area contributed by atoms with E-state index in [1.54, 1.807) is 30.3 Å². The highest BCUT2D eigenvalue weighted by molar-refractivity contribution is 6.31. The lowest BCUT2D eigenvalue weighted by Gasteiger charge is -2.21. The SMILES string of the molecule is CC(=O)OCCc1ccc(Nc2ccc(O)c3c2C(=O)c2ccccc2C3=O)cc1. The lowest BCUT2D eigenvalue weighted by Crippen LogP contribution is -2.22. The Bertz CT molecular complexity index is 1160. The minimum absolute atomic E-state index is 0.0155. The smallest absolute Gasteiger partial charge is 0.302 e. The third-order valence-electron chi connectivity index (χ3n) is 4.98. The second-order valence-electron chi connectivity index (χ2n) is 7.00. The van der Waals surface area contributed by atoms with Crippen LogP contribution >= 0.6 is 0 Å².